The average molecular weight is 383 g/mol. The predicted molar refractivity (Wildman–Crippen MR) is 105 cm³/mol. The van der Waals surface area contributed by atoms with Gasteiger partial charge >= 0.3 is 6.03 Å². The van der Waals surface area contributed by atoms with Crippen LogP contribution in [0.4, 0.5) is 10.5 Å². The van der Waals surface area contributed by atoms with E-state index in [0.29, 0.717) is 22.9 Å². The largest absolute Gasteiger partial charge is 0.493 e. The number of hydrogen-bond acceptors (Lipinski definition) is 5. The number of anilines is 1. The van der Waals surface area contributed by atoms with Gasteiger partial charge in [0.15, 0.2) is 11.5 Å². The van der Waals surface area contributed by atoms with Gasteiger partial charge in [-0.1, -0.05) is 24.0 Å². The number of hydrogen-bond donors (Lipinski definition) is 3. The van der Waals surface area contributed by atoms with E-state index in [4.69, 9.17) is 19.9 Å². The lowest BCUT2D eigenvalue weighted by Gasteiger charge is -2.10. The number of nitrogens with two attached hydrogens (primary N) is 1. The van der Waals surface area contributed by atoms with Crippen LogP contribution < -0.4 is 30.6 Å². The number of ether oxygens (including phenoxy) is 3. The van der Waals surface area contributed by atoms with Crippen LogP contribution in [-0.4, -0.2) is 39.3 Å². The summed E-state index contributed by atoms with van der Waals surface area (Å²) < 4.78 is 15.7. The molecule has 0 unspecified atom stereocenters. The van der Waals surface area contributed by atoms with E-state index in [-0.39, 0.29) is 18.7 Å². The lowest BCUT2D eigenvalue weighted by atomic mass is 10.2. The smallest absolute Gasteiger partial charge is 0.319 e. The molecule has 0 radical (unpaired) electrons. The second kappa shape index (κ2) is 10.3. The minimum atomic E-state index is -0.572. The van der Waals surface area contributed by atoms with Gasteiger partial charge in [0.25, 0.3) is 5.91 Å². The molecule has 0 saturated carbocycles. The highest BCUT2D eigenvalue weighted by Crippen LogP contribution is 2.29. The Balaban J connectivity index is 1.78. The minimum Gasteiger partial charge on any atom is -0.493 e. The van der Waals surface area contributed by atoms with E-state index < -0.39 is 11.9 Å². The molecule has 0 aliphatic rings. The van der Waals surface area contributed by atoms with Gasteiger partial charge in [0.2, 0.25) is 0 Å². The number of primary amides is 1. The van der Waals surface area contributed by atoms with Gasteiger partial charge in [0, 0.05) is 11.8 Å². The molecule has 2 aromatic rings. The molecule has 0 aliphatic heterocycles. The maximum absolute atomic E-state index is 11.9. The monoisotopic (exact) mass is 383 g/mol. The molecule has 3 amide bonds. The minimum absolute atomic E-state index is 0.0588. The molecule has 0 aromatic heterocycles. The fraction of sp³-hybridized carbons (Fsp3) is 0.200. The highest BCUT2D eigenvalue weighted by Gasteiger charge is 2.08. The van der Waals surface area contributed by atoms with Crippen molar-refractivity contribution in [2.24, 2.45) is 5.73 Å². The number of carbonyl (C=O) groups excluding carboxylic acids is 2. The third-order valence-electron chi connectivity index (χ3n) is 3.56. The Bertz CT molecular complexity index is 902. The Morgan fingerprint density at radius 1 is 1.00 bits per heavy atom. The van der Waals surface area contributed by atoms with Crippen LogP contribution in [0, 0.1) is 11.8 Å². The van der Waals surface area contributed by atoms with E-state index >= 15 is 0 Å². The van der Waals surface area contributed by atoms with E-state index in [1.54, 1.807) is 42.5 Å². The van der Waals surface area contributed by atoms with E-state index in [1.807, 2.05) is 0 Å². The normalized spacial score (nSPS) is 9.50. The third-order valence-corrected chi connectivity index (χ3v) is 3.56. The lowest BCUT2D eigenvalue weighted by Crippen LogP contribution is -2.28. The number of rotatable bonds is 7. The molecule has 0 heterocycles. The fourth-order valence-electron chi connectivity index (χ4n) is 2.24. The molecule has 4 N–H and O–H groups in total. The van der Waals surface area contributed by atoms with E-state index in [9.17, 15) is 9.59 Å². The SMILES string of the molecule is COc1ccc(NC(=O)NCC#CCOc2ccccc2C(N)=O)cc1OC. The Morgan fingerprint density at radius 3 is 2.46 bits per heavy atom. The molecule has 146 valence electrons. The van der Waals surface area contributed by atoms with Gasteiger partial charge in [-0.15, -0.1) is 0 Å². The molecule has 0 aliphatic carbocycles. The first-order valence-electron chi connectivity index (χ1n) is 8.29. The summed E-state index contributed by atoms with van der Waals surface area (Å²) in [5.41, 5.74) is 6.11. The Hall–Kier alpha value is -3.86. The van der Waals surface area contributed by atoms with Gasteiger partial charge in [0.1, 0.15) is 12.4 Å². The van der Waals surface area contributed by atoms with Gasteiger partial charge in [-0.25, -0.2) is 4.79 Å². The second-order valence-electron chi connectivity index (χ2n) is 5.38. The van der Waals surface area contributed by atoms with Gasteiger partial charge < -0.3 is 30.6 Å². The summed E-state index contributed by atoms with van der Waals surface area (Å²) in [7, 11) is 3.05. The zero-order valence-electron chi connectivity index (χ0n) is 15.6. The summed E-state index contributed by atoms with van der Waals surface area (Å²) >= 11 is 0. The predicted octanol–water partition coefficient (Wildman–Crippen LogP) is 2.01. The summed E-state index contributed by atoms with van der Waals surface area (Å²) in [6, 6.07) is 11.2. The van der Waals surface area contributed by atoms with Crippen LogP contribution in [-0.2, 0) is 0 Å². The first-order valence-corrected chi connectivity index (χ1v) is 8.29. The standard InChI is InChI=1S/C20H21N3O5/c1-26-17-10-9-14(13-18(17)27-2)23-20(25)22-11-5-6-12-28-16-8-4-3-7-15(16)19(21)24/h3-4,7-10,13H,11-12H2,1-2H3,(H2,21,24)(H2,22,23,25). The maximum Gasteiger partial charge on any atom is 0.319 e. The van der Waals surface area contributed by atoms with E-state index in [1.165, 1.54) is 14.2 Å². The topological polar surface area (TPSA) is 112 Å². The van der Waals surface area contributed by atoms with Crippen LogP contribution in [0.25, 0.3) is 0 Å². The molecule has 8 nitrogen and oxygen atoms in total. The molecule has 28 heavy (non-hydrogen) atoms. The van der Waals surface area contributed by atoms with Gasteiger partial charge in [-0.05, 0) is 24.3 Å². The maximum atomic E-state index is 11.9. The van der Waals surface area contributed by atoms with Crippen LogP contribution >= 0.6 is 0 Å². The van der Waals surface area contributed by atoms with Crippen molar-refractivity contribution in [3.8, 4) is 29.1 Å². The number of carbonyl (C=O) groups is 2. The summed E-state index contributed by atoms with van der Waals surface area (Å²) in [5.74, 6) is 6.37. The number of nitrogens with one attached hydrogen (secondary N) is 2. The van der Waals surface area contributed by atoms with Crippen molar-refractivity contribution >= 4 is 17.6 Å². The molecule has 2 aromatic carbocycles. The summed E-state index contributed by atoms with van der Waals surface area (Å²) in [6.45, 7) is 0.184. The first-order chi connectivity index (χ1) is 13.5. The number of urea groups is 1. The molecule has 0 saturated heterocycles. The van der Waals surface area contributed by atoms with Crippen LogP contribution in [0.15, 0.2) is 42.5 Å². The fourth-order valence-corrected chi connectivity index (χ4v) is 2.24. The van der Waals surface area contributed by atoms with Gasteiger partial charge in [0.05, 0.1) is 26.3 Å². The van der Waals surface area contributed by atoms with E-state index in [0.717, 1.165) is 0 Å². The highest BCUT2D eigenvalue weighted by atomic mass is 16.5. The molecule has 0 bridgehead atoms. The molecule has 0 spiro atoms. The van der Waals surface area contributed by atoms with Crippen molar-refractivity contribution in [2.45, 2.75) is 0 Å². The molecule has 2 rings (SSSR count). The lowest BCUT2D eigenvalue weighted by molar-refractivity contribution is 0.0997. The molecular weight excluding hydrogens is 362 g/mol. The summed E-state index contributed by atoms with van der Waals surface area (Å²) in [5, 5.41) is 5.27. The highest BCUT2D eigenvalue weighted by molar-refractivity contribution is 5.95. The molecule has 8 heteroatoms. The number of amides is 3. The third kappa shape index (κ3) is 5.85. The Labute approximate surface area is 163 Å². The number of para-hydroxylation sites is 1. The van der Waals surface area contributed by atoms with Crippen molar-refractivity contribution < 1.29 is 23.8 Å². The van der Waals surface area contributed by atoms with E-state index in [2.05, 4.69) is 22.5 Å². The summed E-state index contributed by atoms with van der Waals surface area (Å²) in [4.78, 5) is 23.2. The van der Waals surface area contributed by atoms with Crippen molar-refractivity contribution in [2.75, 3.05) is 32.7 Å². The molecule has 0 atom stereocenters. The first kappa shape index (κ1) is 20.5. The summed E-state index contributed by atoms with van der Waals surface area (Å²) in [6.07, 6.45) is 0. The van der Waals surface area contributed by atoms with Crippen molar-refractivity contribution in [3.05, 3.63) is 48.0 Å². The Kier molecular flexibility index (Phi) is 7.54. The quantitative estimate of drug-likeness (QED) is 0.633. The number of benzene rings is 2. The van der Waals surface area contributed by atoms with Crippen LogP contribution in [0.3, 0.4) is 0 Å². The van der Waals surface area contributed by atoms with Crippen LogP contribution in [0.5, 0.6) is 17.2 Å². The number of methoxy groups -OCH3 is 2. The van der Waals surface area contributed by atoms with Crippen molar-refractivity contribution in [1.82, 2.24) is 5.32 Å². The Morgan fingerprint density at radius 2 is 1.75 bits per heavy atom. The van der Waals surface area contributed by atoms with Gasteiger partial charge in [-0.2, -0.15) is 0 Å². The second-order valence-corrected chi connectivity index (χ2v) is 5.38. The average Bonchev–Trinajstić information content (AvgIpc) is 2.70. The van der Waals surface area contributed by atoms with Gasteiger partial charge in [-0.3, -0.25) is 4.79 Å². The van der Waals surface area contributed by atoms with Crippen LogP contribution in [0.1, 0.15) is 10.4 Å². The zero-order chi connectivity index (χ0) is 20.4. The molecular formula is C20H21N3O5. The van der Waals surface area contributed by atoms with Crippen LogP contribution in [0.2, 0.25) is 0 Å². The zero-order valence-corrected chi connectivity index (χ0v) is 15.6. The van der Waals surface area contributed by atoms with Crippen molar-refractivity contribution in [1.29, 1.82) is 0 Å². The molecule has 0 fully saturated rings. The van der Waals surface area contributed by atoms with Crippen molar-refractivity contribution in [3.63, 3.8) is 0 Å².